The number of thiazole rings is 1. The van der Waals surface area contributed by atoms with Gasteiger partial charge in [0.15, 0.2) is 10.9 Å². The highest BCUT2D eigenvalue weighted by Crippen LogP contribution is 2.48. The van der Waals surface area contributed by atoms with Crippen LogP contribution in [-0.2, 0) is 11.3 Å². The summed E-state index contributed by atoms with van der Waals surface area (Å²) in [5, 5.41) is 14.0. The third-order valence-corrected chi connectivity index (χ3v) is 9.02. The molecule has 2 aromatic carbocycles. The highest BCUT2D eigenvalue weighted by molar-refractivity contribution is 7.22. The van der Waals surface area contributed by atoms with Crippen molar-refractivity contribution in [1.29, 1.82) is 0 Å². The molecule has 0 radical (unpaired) electrons. The Kier molecular flexibility index (Phi) is 6.19. The summed E-state index contributed by atoms with van der Waals surface area (Å²) in [7, 11) is 0. The second kappa shape index (κ2) is 9.69. The highest BCUT2D eigenvalue weighted by Gasteiger charge is 2.47. The van der Waals surface area contributed by atoms with Gasteiger partial charge in [-0.3, -0.25) is 0 Å². The third-order valence-electron chi connectivity index (χ3n) is 7.98. The number of halogens is 4. The number of hydrogen-bond acceptors (Lipinski definition) is 8. The number of hydrogen-bond donors (Lipinski definition) is 1. The number of rotatable bonds is 8. The molecule has 0 spiro atoms. The van der Waals surface area contributed by atoms with E-state index in [4.69, 9.17) is 9.26 Å². The van der Waals surface area contributed by atoms with Crippen LogP contribution in [0.4, 0.5) is 22.7 Å². The lowest BCUT2D eigenvalue weighted by molar-refractivity contribution is -0.274. The van der Waals surface area contributed by atoms with Gasteiger partial charge in [0.25, 0.3) is 0 Å². The lowest BCUT2D eigenvalue weighted by atomic mass is 10.0. The van der Waals surface area contributed by atoms with E-state index in [1.165, 1.54) is 35.6 Å². The van der Waals surface area contributed by atoms with Gasteiger partial charge in [-0.15, -0.1) is 13.2 Å². The molecule has 3 atom stereocenters. The average molecular weight is 590 g/mol. The van der Waals surface area contributed by atoms with Gasteiger partial charge in [0, 0.05) is 35.5 Å². The molecule has 3 heterocycles. The van der Waals surface area contributed by atoms with Crippen molar-refractivity contribution in [3.63, 3.8) is 0 Å². The molecule has 1 N–H and O–H groups in total. The zero-order valence-corrected chi connectivity index (χ0v) is 22.2. The van der Waals surface area contributed by atoms with Crippen molar-refractivity contribution in [2.24, 2.45) is 5.92 Å². The Labute approximate surface area is 234 Å². The van der Waals surface area contributed by atoms with E-state index < -0.39 is 18.1 Å². The van der Waals surface area contributed by atoms with Crippen LogP contribution in [-0.4, -0.2) is 46.3 Å². The molecule has 2 bridgehead atoms. The number of piperidine rings is 1. The summed E-state index contributed by atoms with van der Waals surface area (Å²) < 4.78 is 70.4. The summed E-state index contributed by atoms with van der Waals surface area (Å²) in [5.74, 6) is -1.22. The number of carboxylic acid groups (broad SMARTS) is 1. The van der Waals surface area contributed by atoms with E-state index >= 15 is 0 Å². The third kappa shape index (κ3) is 4.90. The maximum absolute atomic E-state index is 14.5. The molecule has 13 heteroatoms. The fourth-order valence-electron chi connectivity index (χ4n) is 5.97. The van der Waals surface area contributed by atoms with Crippen LogP contribution < -0.4 is 9.64 Å². The molecule has 41 heavy (non-hydrogen) atoms. The van der Waals surface area contributed by atoms with E-state index in [0.717, 1.165) is 25.3 Å². The first kappa shape index (κ1) is 26.2. The van der Waals surface area contributed by atoms with Gasteiger partial charge in [0.05, 0.1) is 23.0 Å². The van der Waals surface area contributed by atoms with Gasteiger partial charge in [-0.25, -0.2) is 14.2 Å². The molecule has 2 saturated carbocycles. The number of aromatic nitrogens is 2. The minimum absolute atomic E-state index is 0.0857. The van der Waals surface area contributed by atoms with Crippen molar-refractivity contribution in [1.82, 2.24) is 10.1 Å². The maximum atomic E-state index is 14.5. The average Bonchev–Trinajstić information content (AvgIpc) is 3.26. The van der Waals surface area contributed by atoms with Crippen molar-refractivity contribution < 1.29 is 41.5 Å². The van der Waals surface area contributed by atoms with Crippen molar-refractivity contribution >= 4 is 32.7 Å². The smallest absolute Gasteiger partial charge is 0.478 e. The van der Waals surface area contributed by atoms with Crippen LogP contribution in [0, 0.1) is 11.7 Å². The molecule has 214 valence electrons. The van der Waals surface area contributed by atoms with E-state index in [1.807, 2.05) is 0 Å². The van der Waals surface area contributed by atoms with Crippen molar-refractivity contribution in [3.8, 4) is 17.0 Å². The zero-order chi connectivity index (χ0) is 28.5. The molecule has 1 saturated heterocycles. The Hall–Kier alpha value is -3.71. The Balaban J connectivity index is 1.09. The Bertz CT molecular complexity index is 1650. The molecule has 2 aliphatic carbocycles. The maximum Gasteiger partial charge on any atom is 0.573 e. The Morgan fingerprint density at radius 2 is 2.00 bits per heavy atom. The van der Waals surface area contributed by atoms with Crippen LogP contribution in [0.1, 0.15) is 53.3 Å². The summed E-state index contributed by atoms with van der Waals surface area (Å²) in [6.07, 6.45) is -1.53. The van der Waals surface area contributed by atoms with Gasteiger partial charge in [-0.1, -0.05) is 28.6 Å². The molecule has 2 aromatic heterocycles. The first-order chi connectivity index (χ1) is 19.6. The molecule has 1 aliphatic heterocycles. The number of para-hydroxylation sites is 1. The number of anilines is 1. The molecule has 4 aromatic rings. The molecular weight excluding hydrogens is 566 g/mol. The fraction of sp³-hybridized carbons (Fsp3) is 0.393. The number of benzene rings is 2. The summed E-state index contributed by atoms with van der Waals surface area (Å²) in [5.41, 5.74) is 1.16. The van der Waals surface area contributed by atoms with Crippen molar-refractivity contribution in [3.05, 3.63) is 59.1 Å². The molecular formula is C28H23F4N3O5S. The predicted molar refractivity (Wildman–Crippen MR) is 140 cm³/mol. The Morgan fingerprint density at radius 1 is 1.20 bits per heavy atom. The van der Waals surface area contributed by atoms with Gasteiger partial charge in [-0.05, 0) is 49.9 Å². The SMILES string of the molecule is O=C(O)c1cc(F)c2nc(N3CC4CC3CC4OCc3c(-c4ccccc4OC(F)(F)F)noc3C3CC3)sc2c1. The van der Waals surface area contributed by atoms with E-state index in [9.17, 15) is 27.5 Å². The second-order valence-electron chi connectivity index (χ2n) is 10.7. The number of aromatic carboxylic acids is 1. The van der Waals surface area contributed by atoms with Crippen LogP contribution in [0.2, 0.25) is 0 Å². The summed E-state index contributed by atoms with van der Waals surface area (Å²) in [4.78, 5) is 17.9. The van der Waals surface area contributed by atoms with Crippen LogP contribution in [0.25, 0.3) is 21.5 Å². The minimum Gasteiger partial charge on any atom is -0.478 e. The van der Waals surface area contributed by atoms with E-state index in [2.05, 4.69) is 19.8 Å². The topological polar surface area (TPSA) is 97.9 Å². The van der Waals surface area contributed by atoms with Gasteiger partial charge in [-0.2, -0.15) is 0 Å². The lowest BCUT2D eigenvalue weighted by Gasteiger charge is -2.31. The van der Waals surface area contributed by atoms with E-state index in [1.54, 1.807) is 6.07 Å². The quantitative estimate of drug-likeness (QED) is 0.226. The van der Waals surface area contributed by atoms with Gasteiger partial charge in [0.1, 0.15) is 22.7 Å². The van der Waals surface area contributed by atoms with Crippen LogP contribution >= 0.6 is 11.3 Å². The molecule has 7 rings (SSSR count). The van der Waals surface area contributed by atoms with Gasteiger partial charge in [0.2, 0.25) is 0 Å². The fourth-order valence-corrected chi connectivity index (χ4v) is 7.07. The predicted octanol–water partition coefficient (Wildman–Crippen LogP) is 6.75. The summed E-state index contributed by atoms with van der Waals surface area (Å²) >= 11 is 1.27. The first-order valence-corrected chi connectivity index (χ1v) is 14.0. The number of fused-ring (bicyclic) bond motifs is 3. The van der Waals surface area contributed by atoms with Crippen LogP contribution in [0.5, 0.6) is 5.75 Å². The van der Waals surface area contributed by atoms with E-state index in [0.29, 0.717) is 34.1 Å². The standard InChI is InChI=1S/C28H23F4N3O5S/c29-19-8-14(26(36)37)9-22-24(19)33-27(41-22)35-11-15-7-16(35)10-21(15)38-12-18-23(34-40-25(18)13-5-6-13)17-3-1-2-4-20(17)39-28(30,31)32/h1-4,8-9,13,15-16,21H,5-7,10-12H2,(H,36,37). The largest absolute Gasteiger partial charge is 0.573 e. The number of ether oxygens (including phenoxy) is 2. The van der Waals surface area contributed by atoms with Crippen molar-refractivity contribution in [2.75, 3.05) is 11.4 Å². The van der Waals surface area contributed by atoms with Gasteiger partial charge < -0.3 is 24.0 Å². The number of alkyl halides is 3. The number of carboxylic acids is 1. The highest BCUT2D eigenvalue weighted by atomic mass is 32.1. The number of carbonyl (C=O) groups is 1. The van der Waals surface area contributed by atoms with E-state index in [-0.39, 0.29) is 58.7 Å². The second-order valence-corrected chi connectivity index (χ2v) is 11.7. The molecule has 3 fully saturated rings. The van der Waals surface area contributed by atoms with Crippen LogP contribution in [0.15, 0.2) is 40.9 Å². The molecule has 0 amide bonds. The molecule has 3 aliphatic rings. The lowest BCUT2D eigenvalue weighted by Crippen LogP contribution is -2.38. The zero-order valence-electron chi connectivity index (χ0n) is 21.4. The molecule has 8 nitrogen and oxygen atoms in total. The first-order valence-electron chi connectivity index (χ1n) is 13.2. The minimum atomic E-state index is -4.85. The number of nitrogens with zero attached hydrogens (tertiary/aromatic N) is 3. The summed E-state index contributed by atoms with van der Waals surface area (Å²) in [6.45, 7) is 0.792. The monoisotopic (exact) mass is 589 g/mol. The molecule has 3 unspecified atom stereocenters. The summed E-state index contributed by atoms with van der Waals surface area (Å²) in [6, 6.07) is 8.40. The normalized spacial score (nSPS) is 22.1. The van der Waals surface area contributed by atoms with Crippen LogP contribution in [0.3, 0.4) is 0 Å². The Morgan fingerprint density at radius 3 is 2.71 bits per heavy atom. The van der Waals surface area contributed by atoms with Crippen molar-refractivity contribution in [2.45, 2.75) is 56.7 Å². The van der Waals surface area contributed by atoms with Gasteiger partial charge >= 0.3 is 12.3 Å².